The van der Waals surface area contributed by atoms with Gasteiger partial charge in [-0.3, -0.25) is 28.8 Å². The number of ether oxygens (including phenoxy) is 1. The quantitative estimate of drug-likeness (QED) is 0.195. The molecule has 1 fully saturated rings. The Kier molecular flexibility index (Phi) is 14.5. The van der Waals surface area contributed by atoms with Gasteiger partial charge in [-0.15, -0.1) is 0 Å². The van der Waals surface area contributed by atoms with Gasteiger partial charge in [-0.05, 0) is 47.9 Å². The summed E-state index contributed by atoms with van der Waals surface area (Å²) in [6.07, 6.45) is 4.90. The molecule has 282 valence electrons. The number of benzene rings is 1. The fourth-order valence-electron chi connectivity index (χ4n) is 6.13. The predicted molar refractivity (Wildman–Crippen MR) is 191 cm³/mol. The van der Waals surface area contributed by atoms with E-state index in [1.165, 1.54) is 11.2 Å². The van der Waals surface area contributed by atoms with E-state index >= 15 is 0 Å². The fraction of sp³-hybridized carbons (Fsp3) is 0.514. The predicted octanol–water partition coefficient (Wildman–Crippen LogP) is 0.224. The van der Waals surface area contributed by atoms with Crippen LogP contribution in [0, 0.1) is 5.41 Å². The lowest BCUT2D eigenvalue weighted by atomic mass is 9.87. The molecule has 15 heteroatoms. The van der Waals surface area contributed by atoms with E-state index in [9.17, 15) is 28.8 Å². The van der Waals surface area contributed by atoms with Gasteiger partial charge in [0.25, 0.3) is 0 Å². The Labute approximate surface area is 303 Å². The Morgan fingerprint density at radius 2 is 1.71 bits per heavy atom. The van der Waals surface area contributed by atoms with Gasteiger partial charge in [-0.2, -0.15) is 0 Å². The summed E-state index contributed by atoms with van der Waals surface area (Å²) in [5.41, 5.74) is 6.49. The highest BCUT2D eigenvalue weighted by molar-refractivity contribution is 6.00. The van der Waals surface area contributed by atoms with E-state index in [-0.39, 0.29) is 39.0 Å². The summed E-state index contributed by atoms with van der Waals surface area (Å²) in [6.45, 7) is 7.28. The maximum atomic E-state index is 14.1. The second-order valence-electron chi connectivity index (χ2n) is 14.2. The largest absolute Gasteiger partial charge is 0.469 e. The third-order valence-electron chi connectivity index (χ3n) is 8.62. The van der Waals surface area contributed by atoms with Gasteiger partial charge in [0.2, 0.25) is 35.4 Å². The number of fused-ring (bicyclic) bond motifs is 3. The molecule has 3 heterocycles. The van der Waals surface area contributed by atoms with E-state index in [0.29, 0.717) is 43.9 Å². The molecule has 4 rings (SSSR count). The summed E-state index contributed by atoms with van der Waals surface area (Å²) in [5.74, 6) is -2.83. The number of carbonyl (C=O) groups is 6. The van der Waals surface area contributed by atoms with Crippen LogP contribution in [0.1, 0.15) is 56.9 Å². The van der Waals surface area contributed by atoms with Crippen LogP contribution >= 0.6 is 0 Å². The standard InChI is InChI=1S/C37H51N7O8/c1-37(2,3)22-29-35(49)41-27(33(47)39-14-18-51-17-13-38)20-24-7-4-8-25(19-24)23-40-31(45)11-12-32(46)44-15-5-10-30(44)36(50)42-28(34(48)43-29)21-26-9-6-16-52-26/h4,6-9,11-12,16,19,27-30H,5,10,13-15,17-18,20-23,38H2,1-3H3,(H,39,47)(H,40,45)(H,41,49)(H,42,50)(H,43,48)/b12-11+/t27-,28-,29-,30+/m0/s1. The third kappa shape index (κ3) is 12.3. The number of nitrogens with zero attached hydrogens (tertiary/aromatic N) is 1. The van der Waals surface area contributed by atoms with Gasteiger partial charge in [0, 0.05) is 51.2 Å². The molecule has 6 amide bonds. The van der Waals surface area contributed by atoms with Gasteiger partial charge in [-0.25, -0.2) is 0 Å². The molecule has 0 spiro atoms. The molecule has 2 aromatic rings. The van der Waals surface area contributed by atoms with E-state index in [2.05, 4.69) is 26.6 Å². The molecule has 0 radical (unpaired) electrons. The highest BCUT2D eigenvalue weighted by Gasteiger charge is 2.37. The summed E-state index contributed by atoms with van der Waals surface area (Å²) >= 11 is 0. The molecule has 52 heavy (non-hydrogen) atoms. The van der Waals surface area contributed by atoms with Crippen molar-refractivity contribution in [1.82, 2.24) is 31.5 Å². The zero-order valence-corrected chi connectivity index (χ0v) is 30.1. The number of nitrogens with two attached hydrogens (primary N) is 1. The molecule has 2 aliphatic heterocycles. The Bertz CT molecular complexity index is 1590. The van der Waals surface area contributed by atoms with Gasteiger partial charge in [0.15, 0.2) is 0 Å². The van der Waals surface area contributed by atoms with E-state index in [4.69, 9.17) is 14.9 Å². The highest BCUT2D eigenvalue weighted by atomic mass is 16.5. The summed E-state index contributed by atoms with van der Waals surface area (Å²) in [6, 6.07) is 6.35. The molecule has 1 aromatic heterocycles. The molecule has 2 bridgehead atoms. The molecular weight excluding hydrogens is 670 g/mol. The maximum Gasteiger partial charge on any atom is 0.247 e. The van der Waals surface area contributed by atoms with Gasteiger partial charge in [-0.1, -0.05) is 45.0 Å². The molecule has 0 saturated carbocycles. The number of nitrogens with one attached hydrogen (secondary N) is 5. The summed E-state index contributed by atoms with van der Waals surface area (Å²) < 4.78 is 10.9. The zero-order chi connectivity index (χ0) is 37.7. The van der Waals surface area contributed by atoms with Crippen LogP contribution in [0.3, 0.4) is 0 Å². The van der Waals surface area contributed by atoms with Crippen LogP contribution in [0.5, 0.6) is 0 Å². The van der Waals surface area contributed by atoms with Crippen molar-refractivity contribution < 1.29 is 37.9 Å². The minimum Gasteiger partial charge on any atom is -0.469 e. The summed E-state index contributed by atoms with van der Waals surface area (Å²) in [4.78, 5) is 82.5. The number of hydrogen-bond donors (Lipinski definition) is 6. The number of amides is 6. The molecule has 2 aliphatic rings. The zero-order valence-electron chi connectivity index (χ0n) is 30.1. The average molecular weight is 722 g/mol. The van der Waals surface area contributed by atoms with Crippen LogP contribution in [-0.2, 0) is 52.9 Å². The Morgan fingerprint density at radius 3 is 2.44 bits per heavy atom. The Hall–Kier alpha value is -5.02. The molecule has 15 nitrogen and oxygen atoms in total. The third-order valence-corrected chi connectivity index (χ3v) is 8.62. The minimum absolute atomic E-state index is 0.0250. The first-order chi connectivity index (χ1) is 24.8. The molecule has 4 atom stereocenters. The molecule has 0 unspecified atom stereocenters. The smallest absolute Gasteiger partial charge is 0.247 e. The topological polar surface area (TPSA) is 214 Å². The second-order valence-corrected chi connectivity index (χ2v) is 14.2. The lowest BCUT2D eigenvalue weighted by Crippen LogP contribution is -2.59. The first kappa shape index (κ1) is 39.8. The highest BCUT2D eigenvalue weighted by Crippen LogP contribution is 2.22. The first-order valence-electron chi connectivity index (χ1n) is 17.7. The number of carbonyl (C=O) groups excluding carboxylic acids is 6. The number of furan rings is 1. The lowest BCUT2D eigenvalue weighted by Gasteiger charge is -2.30. The summed E-state index contributed by atoms with van der Waals surface area (Å²) in [7, 11) is 0. The van der Waals surface area contributed by atoms with Crippen molar-refractivity contribution in [2.75, 3.05) is 32.8 Å². The van der Waals surface area contributed by atoms with Crippen molar-refractivity contribution >= 4 is 35.4 Å². The lowest BCUT2D eigenvalue weighted by molar-refractivity contribution is -0.137. The van der Waals surface area contributed by atoms with Gasteiger partial charge in [0.1, 0.15) is 29.9 Å². The Morgan fingerprint density at radius 1 is 0.962 bits per heavy atom. The van der Waals surface area contributed by atoms with Crippen LogP contribution in [0.4, 0.5) is 0 Å². The van der Waals surface area contributed by atoms with E-state index in [1.54, 1.807) is 30.3 Å². The molecule has 1 saturated heterocycles. The monoisotopic (exact) mass is 721 g/mol. The molecule has 7 N–H and O–H groups in total. The van der Waals surface area contributed by atoms with Crippen molar-refractivity contribution in [3.8, 4) is 0 Å². The van der Waals surface area contributed by atoms with Crippen LogP contribution in [0.15, 0.2) is 59.2 Å². The van der Waals surface area contributed by atoms with E-state index in [1.807, 2.05) is 26.8 Å². The molecule has 1 aromatic carbocycles. The van der Waals surface area contributed by atoms with Crippen LogP contribution < -0.4 is 32.3 Å². The van der Waals surface area contributed by atoms with Crippen molar-refractivity contribution in [1.29, 1.82) is 0 Å². The van der Waals surface area contributed by atoms with E-state index in [0.717, 1.165) is 17.7 Å². The average Bonchev–Trinajstić information content (AvgIpc) is 3.81. The molecular formula is C37H51N7O8. The second kappa shape index (κ2) is 19.0. The van der Waals surface area contributed by atoms with Crippen molar-refractivity contribution in [2.24, 2.45) is 11.1 Å². The first-order valence-corrected chi connectivity index (χ1v) is 17.7. The SMILES string of the molecule is CC(C)(C)C[C@@H]1NC(=O)[C@H](Cc2ccco2)NC(=O)[C@H]2CCCN2C(=O)/C=C/C(=O)NCc2cccc(c2)C[C@@H](C(=O)NCCOCCN)NC1=O. The van der Waals surface area contributed by atoms with Crippen molar-refractivity contribution in [2.45, 2.75) is 83.6 Å². The fourth-order valence-corrected chi connectivity index (χ4v) is 6.13. The van der Waals surface area contributed by atoms with Crippen LogP contribution in [0.2, 0.25) is 0 Å². The van der Waals surface area contributed by atoms with Gasteiger partial charge < -0.3 is 46.4 Å². The van der Waals surface area contributed by atoms with E-state index < -0.39 is 65.0 Å². The Balaban J connectivity index is 1.68. The van der Waals surface area contributed by atoms with Gasteiger partial charge in [0.05, 0.1) is 19.5 Å². The normalized spacial score (nSPS) is 23.0. The van der Waals surface area contributed by atoms with Crippen LogP contribution in [0.25, 0.3) is 0 Å². The number of hydrogen-bond acceptors (Lipinski definition) is 9. The van der Waals surface area contributed by atoms with Gasteiger partial charge >= 0.3 is 0 Å². The maximum absolute atomic E-state index is 14.1. The number of rotatable bonds is 9. The minimum atomic E-state index is -1.17. The van der Waals surface area contributed by atoms with Crippen LogP contribution in [-0.4, -0.2) is 97.4 Å². The van der Waals surface area contributed by atoms with Crippen molar-refractivity contribution in [3.05, 3.63) is 71.7 Å². The van der Waals surface area contributed by atoms with Crippen molar-refractivity contribution in [3.63, 3.8) is 0 Å². The molecule has 0 aliphatic carbocycles. The summed E-state index contributed by atoms with van der Waals surface area (Å²) in [5, 5.41) is 14.0.